The van der Waals surface area contributed by atoms with Crippen molar-refractivity contribution >= 4 is 28.3 Å². The molecular formula is C16H13N5O2. The molecule has 1 aromatic carbocycles. The van der Waals surface area contributed by atoms with Gasteiger partial charge in [-0.15, -0.1) is 0 Å². The molecule has 0 saturated carbocycles. The average molecular weight is 307 g/mol. The lowest BCUT2D eigenvalue weighted by Gasteiger charge is -2.04. The van der Waals surface area contributed by atoms with Gasteiger partial charge in [-0.2, -0.15) is 0 Å². The van der Waals surface area contributed by atoms with Crippen LogP contribution in [0, 0.1) is 0 Å². The molecule has 0 amide bonds. The number of rotatable bonds is 3. The van der Waals surface area contributed by atoms with Crippen molar-refractivity contribution < 1.29 is 9.90 Å². The minimum absolute atomic E-state index is 0.178. The standard InChI is InChI=1S/C16H13N5O2/c1-17-14-15-19-8-13(21(15)5-4-18-14)9-2-3-11-10(6-9)7-12(20-11)16(22)23/h2-8,20H,1H3,(H,17,18)(H,22,23). The van der Waals surface area contributed by atoms with E-state index in [9.17, 15) is 4.79 Å². The van der Waals surface area contributed by atoms with Crippen LogP contribution in [0.3, 0.4) is 0 Å². The monoisotopic (exact) mass is 307 g/mol. The van der Waals surface area contributed by atoms with Crippen LogP contribution in [0.15, 0.2) is 42.9 Å². The number of benzene rings is 1. The van der Waals surface area contributed by atoms with Crippen molar-refractivity contribution in [3.05, 3.63) is 48.5 Å². The molecule has 0 unspecified atom stereocenters. The Morgan fingerprint density at radius 2 is 2.17 bits per heavy atom. The lowest BCUT2D eigenvalue weighted by molar-refractivity contribution is 0.0691. The number of nitrogens with zero attached hydrogens (tertiary/aromatic N) is 3. The first kappa shape index (κ1) is 13.3. The third-order valence-electron chi connectivity index (χ3n) is 3.81. The van der Waals surface area contributed by atoms with Crippen molar-refractivity contribution in [2.45, 2.75) is 0 Å². The van der Waals surface area contributed by atoms with Gasteiger partial charge in [0, 0.05) is 35.9 Å². The van der Waals surface area contributed by atoms with E-state index in [0.29, 0.717) is 5.82 Å². The summed E-state index contributed by atoms with van der Waals surface area (Å²) < 4.78 is 1.95. The molecule has 7 nitrogen and oxygen atoms in total. The minimum Gasteiger partial charge on any atom is -0.477 e. The van der Waals surface area contributed by atoms with Gasteiger partial charge in [0.1, 0.15) is 5.69 Å². The number of aromatic amines is 1. The molecule has 0 spiro atoms. The van der Waals surface area contributed by atoms with Crippen LogP contribution in [0.2, 0.25) is 0 Å². The van der Waals surface area contributed by atoms with E-state index in [4.69, 9.17) is 5.11 Å². The molecule has 114 valence electrons. The maximum Gasteiger partial charge on any atom is 0.352 e. The molecule has 7 heteroatoms. The molecule has 0 radical (unpaired) electrons. The summed E-state index contributed by atoms with van der Waals surface area (Å²) in [6.45, 7) is 0. The highest BCUT2D eigenvalue weighted by Gasteiger charge is 2.12. The SMILES string of the molecule is CNc1nccn2c(-c3ccc4[nH]c(C(=O)O)cc4c3)cnc12. The first-order chi connectivity index (χ1) is 11.2. The maximum atomic E-state index is 11.1. The first-order valence-electron chi connectivity index (χ1n) is 7.03. The average Bonchev–Trinajstić information content (AvgIpc) is 3.17. The number of hydrogen-bond donors (Lipinski definition) is 3. The Bertz CT molecular complexity index is 1050. The van der Waals surface area contributed by atoms with Gasteiger partial charge in [-0.3, -0.25) is 4.40 Å². The molecule has 0 aliphatic rings. The Labute approximate surface area is 130 Å². The summed E-state index contributed by atoms with van der Waals surface area (Å²) in [6, 6.07) is 7.39. The molecule has 3 aromatic heterocycles. The van der Waals surface area contributed by atoms with Crippen molar-refractivity contribution in [3.8, 4) is 11.3 Å². The summed E-state index contributed by atoms with van der Waals surface area (Å²) in [5.74, 6) is -0.267. The lowest BCUT2D eigenvalue weighted by atomic mass is 10.1. The van der Waals surface area contributed by atoms with Crippen LogP contribution in [-0.4, -0.2) is 37.5 Å². The fourth-order valence-corrected chi connectivity index (χ4v) is 2.72. The van der Waals surface area contributed by atoms with Crippen LogP contribution in [0.5, 0.6) is 0 Å². The number of fused-ring (bicyclic) bond motifs is 2. The van der Waals surface area contributed by atoms with E-state index in [1.165, 1.54) is 0 Å². The van der Waals surface area contributed by atoms with E-state index in [0.717, 1.165) is 27.8 Å². The summed E-state index contributed by atoms with van der Waals surface area (Å²) in [5.41, 5.74) is 3.58. The number of nitrogens with one attached hydrogen (secondary N) is 2. The molecule has 3 N–H and O–H groups in total. The van der Waals surface area contributed by atoms with Crippen molar-refractivity contribution in [1.82, 2.24) is 19.4 Å². The molecule has 23 heavy (non-hydrogen) atoms. The fraction of sp³-hybridized carbons (Fsp3) is 0.0625. The molecule has 4 rings (SSSR count). The first-order valence-corrected chi connectivity index (χ1v) is 7.03. The Kier molecular flexibility index (Phi) is 2.80. The highest BCUT2D eigenvalue weighted by Crippen LogP contribution is 2.27. The van der Waals surface area contributed by atoms with Crippen LogP contribution < -0.4 is 5.32 Å². The van der Waals surface area contributed by atoms with Gasteiger partial charge in [-0.25, -0.2) is 14.8 Å². The maximum absolute atomic E-state index is 11.1. The summed E-state index contributed by atoms with van der Waals surface area (Å²) in [6.07, 6.45) is 5.34. The minimum atomic E-state index is -0.970. The second-order valence-electron chi connectivity index (χ2n) is 5.15. The van der Waals surface area contributed by atoms with Gasteiger partial charge in [0.25, 0.3) is 0 Å². The Hall–Kier alpha value is -3.35. The third-order valence-corrected chi connectivity index (χ3v) is 3.81. The van der Waals surface area contributed by atoms with Crippen LogP contribution >= 0.6 is 0 Å². The molecule has 0 fully saturated rings. The molecular weight excluding hydrogens is 294 g/mol. The van der Waals surface area contributed by atoms with E-state index in [1.807, 2.05) is 28.8 Å². The molecule has 3 heterocycles. The Morgan fingerprint density at radius 1 is 1.30 bits per heavy atom. The van der Waals surface area contributed by atoms with E-state index < -0.39 is 5.97 Å². The van der Waals surface area contributed by atoms with E-state index in [1.54, 1.807) is 25.5 Å². The number of carboxylic acids is 1. The van der Waals surface area contributed by atoms with Gasteiger partial charge in [-0.05, 0) is 18.2 Å². The number of carboxylic acid groups (broad SMARTS) is 1. The predicted octanol–water partition coefficient (Wildman–Crippen LogP) is 2.62. The van der Waals surface area contributed by atoms with Gasteiger partial charge in [0.15, 0.2) is 11.5 Å². The topological polar surface area (TPSA) is 95.3 Å². The normalized spacial score (nSPS) is 11.2. The van der Waals surface area contributed by atoms with Crippen LogP contribution in [-0.2, 0) is 0 Å². The smallest absolute Gasteiger partial charge is 0.352 e. The lowest BCUT2D eigenvalue weighted by Crippen LogP contribution is -1.97. The molecule has 0 aliphatic heterocycles. The van der Waals surface area contributed by atoms with E-state index in [2.05, 4.69) is 20.3 Å². The van der Waals surface area contributed by atoms with Gasteiger partial charge >= 0.3 is 5.97 Å². The predicted molar refractivity (Wildman–Crippen MR) is 86.8 cm³/mol. The number of aromatic carboxylic acids is 1. The quantitative estimate of drug-likeness (QED) is 0.541. The van der Waals surface area contributed by atoms with Crippen molar-refractivity contribution in [1.29, 1.82) is 0 Å². The van der Waals surface area contributed by atoms with E-state index in [-0.39, 0.29) is 5.69 Å². The second kappa shape index (κ2) is 4.84. The van der Waals surface area contributed by atoms with Crippen molar-refractivity contribution in [3.63, 3.8) is 0 Å². The number of anilines is 1. The number of carbonyl (C=O) groups is 1. The summed E-state index contributed by atoms with van der Waals surface area (Å²) >= 11 is 0. The molecule has 0 atom stereocenters. The van der Waals surface area contributed by atoms with Crippen LogP contribution in [0.25, 0.3) is 27.8 Å². The summed E-state index contributed by atoms with van der Waals surface area (Å²) in [4.78, 5) is 22.6. The number of hydrogen-bond acceptors (Lipinski definition) is 4. The summed E-state index contributed by atoms with van der Waals surface area (Å²) in [5, 5.41) is 12.9. The van der Waals surface area contributed by atoms with Crippen molar-refractivity contribution in [2.75, 3.05) is 12.4 Å². The largest absolute Gasteiger partial charge is 0.477 e. The van der Waals surface area contributed by atoms with Gasteiger partial charge in [0.05, 0.1) is 11.9 Å². The van der Waals surface area contributed by atoms with Crippen LogP contribution in [0.1, 0.15) is 10.5 Å². The second-order valence-corrected chi connectivity index (χ2v) is 5.15. The molecule has 0 aliphatic carbocycles. The third kappa shape index (κ3) is 2.02. The number of aromatic nitrogens is 4. The molecule has 0 saturated heterocycles. The van der Waals surface area contributed by atoms with Gasteiger partial charge in [0.2, 0.25) is 0 Å². The molecule has 4 aromatic rings. The number of H-pyrrole nitrogens is 1. The zero-order chi connectivity index (χ0) is 16.0. The van der Waals surface area contributed by atoms with Gasteiger partial charge < -0.3 is 15.4 Å². The molecule has 0 bridgehead atoms. The number of imidazole rings is 1. The highest BCUT2D eigenvalue weighted by molar-refractivity contribution is 5.95. The summed E-state index contributed by atoms with van der Waals surface area (Å²) in [7, 11) is 1.80. The van der Waals surface area contributed by atoms with Crippen molar-refractivity contribution in [2.24, 2.45) is 0 Å². The Morgan fingerprint density at radius 3 is 2.96 bits per heavy atom. The van der Waals surface area contributed by atoms with E-state index >= 15 is 0 Å². The van der Waals surface area contributed by atoms with Gasteiger partial charge in [-0.1, -0.05) is 6.07 Å². The zero-order valence-electron chi connectivity index (χ0n) is 12.2. The highest BCUT2D eigenvalue weighted by atomic mass is 16.4. The fourth-order valence-electron chi connectivity index (χ4n) is 2.72. The Balaban J connectivity index is 1.90. The van der Waals surface area contributed by atoms with Crippen LogP contribution in [0.4, 0.5) is 5.82 Å². The zero-order valence-corrected chi connectivity index (χ0v) is 12.2.